The number of halogens is 2. The molecule has 0 aliphatic carbocycles. The van der Waals surface area contributed by atoms with Gasteiger partial charge in [-0.05, 0) is 55.7 Å². The molecular weight excluding hydrogens is 470 g/mol. The van der Waals surface area contributed by atoms with E-state index in [1.54, 1.807) is 25.3 Å². The third-order valence-corrected chi connectivity index (χ3v) is 5.93. The fraction of sp³-hybridized carbons (Fsp3) is 0.360. The van der Waals surface area contributed by atoms with Crippen LogP contribution in [0.25, 0.3) is 27.9 Å². The van der Waals surface area contributed by atoms with Gasteiger partial charge in [0.15, 0.2) is 18.1 Å². The molecule has 5 rings (SSSR count). The van der Waals surface area contributed by atoms with E-state index in [-0.39, 0.29) is 17.6 Å². The number of ether oxygens (including phenoxy) is 2. The van der Waals surface area contributed by atoms with Crippen LogP contribution in [0.4, 0.5) is 14.7 Å². The molecule has 0 spiro atoms. The molecule has 2 N–H and O–H groups in total. The number of anilines is 1. The van der Waals surface area contributed by atoms with Gasteiger partial charge < -0.3 is 20.1 Å². The van der Waals surface area contributed by atoms with Gasteiger partial charge in [-0.2, -0.15) is 4.52 Å². The average molecular weight is 497 g/mol. The number of benzene rings is 2. The van der Waals surface area contributed by atoms with Crippen molar-refractivity contribution in [3.8, 4) is 22.9 Å². The number of hydrogen-bond donors (Lipinski definition) is 2. The number of nitrogens with zero attached hydrogens (tertiary/aromatic N) is 4. The summed E-state index contributed by atoms with van der Waals surface area (Å²) in [4.78, 5) is 22.0. The third-order valence-electron chi connectivity index (χ3n) is 5.93. The van der Waals surface area contributed by atoms with Gasteiger partial charge in [0.25, 0.3) is 5.92 Å². The van der Waals surface area contributed by atoms with Crippen LogP contribution in [-0.2, 0) is 4.79 Å². The molecule has 4 aromatic rings. The lowest BCUT2D eigenvalue weighted by Crippen LogP contribution is -2.38. The molecule has 11 heteroatoms. The molecule has 9 nitrogen and oxygen atoms in total. The maximum atomic E-state index is 13.5. The van der Waals surface area contributed by atoms with E-state index in [0.29, 0.717) is 41.1 Å². The summed E-state index contributed by atoms with van der Waals surface area (Å²) in [6.45, 7) is 0.614. The standard InChI is InChI=1S/C25H26F2N6O3/c1-25(26,27)14-36-19-8-5-6-17-20(19)30-24(29-18-7-3-4-13-28-23(18)34)33-22(17)31-21(32-33)15-9-11-16(35-2)12-10-15/h5-6,8-12,18H,3-4,7,13-14H2,1-2H3,(H,28,34)(H,29,30)/t18-/m1/s1. The minimum absolute atomic E-state index is 0.131. The monoisotopic (exact) mass is 496 g/mol. The topological polar surface area (TPSA) is 103 Å². The Bertz CT molecular complexity index is 1400. The Kier molecular flexibility index (Phi) is 6.29. The molecule has 1 aliphatic heterocycles. The second-order valence-electron chi connectivity index (χ2n) is 8.83. The highest BCUT2D eigenvalue weighted by molar-refractivity contribution is 5.96. The zero-order valence-corrected chi connectivity index (χ0v) is 19.9. The van der Waals surface area contributed by atoms with Gasteiger partial charge >= 0.3 is 0 Å². The highest BCUT2D eigenvalue weighted by atomic mass is 19.3. The molecule has 188 valence electrons. The minimum atomic E-state index is -3.01. The van der Waals surface area contributed by atoms with Crippen LogP contribution in [0.15, 0.2) is 42.5 Å². The molecule has 0 bridgehead atoms. The summed E-state index contributed by atoms with van der Waals surface area (Å²) < 4.78 is 39.3. The van der Waals surface area contributed by atoms with E-state index in [0.717, 1.165) is 25.3 Å². The minimum Gasteiger partial charge on any atom is -0.497 e. The number of methoxy groups -OCH3 is 1. The SMILES string of the molecule is COc1ccc(-c2nc3c4cccc(OCC(C)(F)F)c4nc(N[C@@H]4CCCCNC4=O)n3n2)cc1. The van der Waals surface area contributed by atoms with Gasteiger partial charge in [0.05, 0.1) is 7.11 Å². The number of alkyl halides is 2. The fourth-order valence-corrected chi connectivity index (χ4v) is 4.12. The number of aromatic nitrogens is 4. The highest BCUT2D eigenvalue weighted by Crippen LogP contribution is 2.31. The molecule has 36 heavy (non-hydrogen) atoms. The molecule has 0 unspecified atom stereocenters. The predicted octanol–water partition coefficient (Wildman–Crippen LogP) is 4.07. The van der Waals surface area contributed by atoms with Crippen molar-refractivity contribution in [2.45, 2.75) is 38.2 Å². The van der Waals surface area contributed by atoms with Crippen molar-refractivity contribution in [2.24, 2.45) is 0 Å². The van der Waals surface area contributed by atoms with Crippen molar-refractivity contribution >= 4 is 28.4 Å². The van der Waals surface area contributed by atoms with Crippen molar-refractivity contribution in [1.82, 2.24) is 24.9 Å². The molecule has 0 saturated carbocycles. The molecule has 3 heterocycles. The Hall–Kier alpha value is -4.02. The van der Waals surface area contributed by atoms with Crippen LogP contribution in [0.3, 0.4) is 0 Å². The van der Waals surface area contributed by atoms with Crippen LogP contribution < -0.4 is 20.1 Å². The number of rotatable bonds is 7. The lowest BCUT2D eigenvalue weighted by Gasteiger charge is -2.18. The number of carbonyl (C=O) groups is 1. The van der Waals surface area contributed by atoms with E-state index < -0.39 is 18.6 Å². The zero-order valence-electron chi connectivity index (χ0n) is 19.9. The van der Waals surface area contributed by atoms with Crippen molar-refractivity contribution in [3.05, 3.63) is 42.5 Å². The van der Waals surface area contributed by atoms with Gasteiger partial charge in [-0.1, -0.05) is 6.07 Å². The molecule has 1 amide bonds. The number of hydrogen-bond acceptors (Lipinski definition) is 7. The van der Waals surface area contributed by atoms with E-state index in [9.17, 15) is 13.6 Å². The molecule has 1 atom stereocenters. The molecular formula is C25H26F2N6O3. The maximum Gasteiger partial charge on any atom is 0.278 e. The maximum absolute atomic E-state index is 13.5. The van der Waals surface area contributed by atoms with Gasteiger partial charge in [-0.15, -0.1) is 5.10 Å². The van der Waals surface area contributed by atoms with Gasteiger partial charge in [0, 0.05) is 24.4 Å². The van der Waals surface area contributed by atoms with E-state index in [1.807, 2.05) is 24.3 Å². The Morgan fingerprint density at radius 2 is 1.97 bits per heavy atom. The average Bonchev–Trinajstić information content (AvgIpc) is 3.22. The lowest BCUT2D eigenvalue weighted by atomic mass is 10.1. The van der Waals surface area contributed by atoms with Crippen LogP contribution >= 0.6 is 0 Å². The second kappa shape index (κ2) is 9.56. The Morgan fingerprint density at radius 3 is 2.72 bits per heavy atom. The van der Waals surface area contributed by atoms with Crippen LogP contribution in [0, 0.1) is 0 Å². The Morgan fingerprint density at radius 1 is 1.17 bits per heavy atom. The zero-order chi connectivity index (χ0) is 25.3. The summed E-state index contributed by atoms with van der Waals surface area (Å²) >= 11 is 0. The summed E-state index contributed by atoms with van der Waals surface area (Å²) in [7, 11) is 1.59. The summed E-state index contributed by atoms with van der Waals surface area (Å²) in [6, 6.07) is 11.8. The molecule has 1 fully saturated rings. The molecule has 0 radical (unpaired) electrons. The molecule has 2 aromatic heterocycles. The Labute approximate surface area is 205 Å². The lowest BCUT2D eigenvalue weighted by molar-refractivity contribution is -0.121. The van der Waals surface area contributed by atoms with Crippen molar-refractivity contribution in [2.75, 3.05) is 25.6 Å². The summed E-state index contributed by atoms with van der Waals surface area (Å²) in [5.41, 5.74) is 1.55. The van der Waals surface area contributed by atoms with Gasteiger partial charge in [0.2, 0.25) is 11.9 Å². The number of carbonyl (C=O) groups excluding carboxylic acids is 1. The second-order valence-corrected chi connectivity index (χ2v) is 8.83. The van der Waals surface area contributed by atoms with Crippen molar-refractivity contribution in [3.63, 3.8) is 0 Å². The normalized spacial score (nSPS) is 16.6. The van der Waals surface area contributed by atoms with Gasteiger partial charge in [0.1, 0.15) is 23.1 Å². The number of amides is 1. The van der Waals surface area contributed by atoms with Crippen LogP contribution in [0.5, 0.6) is 11.5 Å². The van der Waals surface area contributed by atoms with Crippen molar-refractivity contribution < 1.29 is 23.0 Å². The van der Waals surface area contributed by atoms with Gasteiger partial charge in [-0.3, -0.25) is 4.79 Å². The predicted molar refractivity (Wildman–Crippen MR) is 131 cm³/mol. The third kappa shape index (κ3) is 4.86. The fourth-order valence-electron chi connectivity index (χ4n) is 4.12. The van der Waals surface area contributed by atoms with Crippen LogP contribution in [0.2, 0.25) is 0 Å². The summed E-state index contributed by atoms with van der Waals surface area (Å²) in [5.74, 6) is -1.54. The summed E-state index contributed by atoms with van der Waals surface area (Å²) in [6.07, 6.45) is 2.37. The number of fused-ring (bicyclic) bond motifs is 3. The summed E-state index contributed by atoms with van der Waals surface area (Å²) in [5, 5.41) is 11.3. The first-order valence-electron chi connectivity index (χ1n) is 11.7. The first-order valence-corrected chi connectivity index (χ1v) is 11.7. The quantitative estimate of drug-likeness (QED) is 0.398. The first-order chi connectivity index (χ1) is 17.3. The van der Waals surface area contributed by atoms with Gasteiger partial charge in [-0.25, -0.2) is 18.7 Å². The molecule has 1 saturated heterocycles. The van der Waals surface area contributed by atoms with Crippen LogP contribution in [0.1, 0.15) is 26.2 Å². The largest absolute Gasteiger partial charge is 0.497 e. The van der Waals surface area contributed by atoms with E-state index in [4.69, 9.17) is 14.5 Å². The number of nitrogens with one attached hydrogen (secondary N) is 2. The first kappa shape index (κ1) is 23.7. The molecule has 1 aliphatic rings. The van der Waals surface area contributed by atoms with E-state index >= 15 is 0 Å². The molecule has 2 aromatic carbocycles. The van der Waals surface area contributed by atoms with E-state index in [1.165, 1.54) is 4.52 Å². The smallest absolute Gasteiger partial charge is 0.278 e. The Balaban J connectivity index is 1.65. The highest BCUT2D eigenvalue weighted by Gasteiger charge is 2.26. The number of para-hydroxylation sites is 1. The van der Waals surface area contributed by atoms with Crippen molar-refractivity contribution in [1.29, 1.82) is 0 Å². The van der Waals surface area contributed by atoms with Crippen LogP contribution in [-0.4, -0.2) is 57.7 Å². The van der Waals surface area contributed by atoms with E-state index in [2.05, 4.69) is 20.7 Å².